The fourth-order valence-electron chi connectivity index (χ4n) is 2.92. The van der Waals surface area contributed by atoms with Crippen molar-refractivity contribution in [3.05, 3.63) is 63.1 Å². The molecule has 0 heterocycles. The molecule has 30 heavy (non-hydrogen) atoms. The molecule has 0 bridgehead atoms. The number of aryl methyl sites for hydroxylation is 1. The number of halogens is 2. The summed E-state index contributed by atoms with van der Waals surface area (Å²) in [7, 11) is 0. The summed E-state index contributed by atoms with van der Waals surface area (Å²) in [5.74, 6) is 0.0873. The van der Waals surface area contributed by atoms with E-state index in [1.165, 1.54) is 10.5 Å². The molecule has 2 aromatic carbocycles. The lowest BCUT2D eigenvalue weighted by atomic mass is 10.1. The van der Waals surface area contributed by atoms with Crippen molar-refractivity contribution in [2.75, 3.05) is 6.61 Å². The molecule has 0 aliphatic carbocycles. The average molecular weight is 496 g/mol. The van der Waals surface area contributed by atoms with Gasteiger partial charge < -0.3 is 15.0 Å². The highest BCUT2D eigenvalue weighted by Gasteiger charge is 2.27. The van der Waals surface area contributed by atoms with Crippen LogP contribution < -0.4 is 10.1 Å². The number of amides is 2. The molecular formula is C23H28BrClN2O3. The Morgan fingerprint density at radius 3 is 2.47 bits per heavy atom. The molecule has 7 heteroatoms. The van der Waals surface area contributed by atoms with Gasteiger partial charge in [0, 0.05) is 17.6 Å². The minimum Gasteiger partial charge on any atom is -0.483 e. The van der Waals surface area contributed by atoms with Crippen molar-refractivity contribution in [1.29, 1.82) is 0 Å². The number of ether oxygens (including phenoxy) is 1. The van der Waals surface area contributed by atoms with Gasteiger partial charge in [-0.2, -0.15) is 0 Å². The van der Waals surface area contributed by atoms with Crippen LogP contribution in [0.3, 0.4) is 0 Å². The van der Waals surface area contributed by atoms with Crippen LogP contribution in [0.1, 0.15) is 38.8 Å². The molecule has 0 saturated heterocycles. The SMILES string of the molecule is CCc1ccc(OCC(=O)N(Cc2cccc(Cl)c2)C(C)C(=O)NC(C)C)c(Br)c1. The van der Waals surface area contributed by atoms with Crippen molar-refractivity contribution < 1.29 is 14.3 Å². The third-order valence-corrected chi connectivity index (χ3v) is 5.45. The minimum absolute atomic E-state index is 0.0210. The van der Waals surface area contributed by atoms with Crippen LogP contribution >= 0.6 is 27.5 Å². The standard InChI is InChI=1S/C23H28BrClN2O3/c1-5-17-9-10-21(20(24)12-17)30-14-22(28)27(16(4)23(29)26-15(2)3)13-18-7-6-8-19(25)11-18/h6-12,15-16H,5,13-14H2,1-4H3,(H,26,29). The smallest absolute Gasteiger partial charge is 0.261 e. The molecule has 2 rings (SSSR count). The number of nitrogens with zero attached hydrogens (tertiary/aromatic N) is 1. The molecule has 1 unspecified atom stereocenters. The zero-order chi connectivity index (χ0) is 22.3. The van der Waals surface area contributed by atoms with Gasteiger partial charge in [0.15, 0.2) is 6.61 Å². The first kappa shape index (κ1) is 24.2. The van der Waals surface area contributed by atoms with E-state index in [9.17, 15) is 9.59 Å². The van der Waals surface area contributed by atoms with Gasteiger partial charge in [0.1, 0.15) is 11.8 Å². The normalized spacial score (nSPS) is 11.8. The molecule has 5 nitrogen and oxygen atoms in total. The molecule has 1 N–H and O–H groups in total. The lowest BCUT2D eigenvalue weighted by molar-refractivity contribution is -0.142. The predicted octanol–water partition coefficient (Wildman–Crippen LogP) is 4.99. The lowest BCUT2D eigenvalue weighted by Gasteiger charge is -2.29. The van der Waals surface area contributed by atoms with Crippen LogP contribution in [-0.4, -0.2) is 35.4 Å². The van der Waals surface area contributed by atoms with E-state index in [-0.39, 0.29) is 31.0 Å². The van der Waals surface area contributed by atoms with Crippen LogP contribution in [0.5, 0.6) is 5.75 Å². The zero-order valence-electron chi connectivity index (χ0n) is 17.7. The monoisotopic (exact) mass is 494 g/mol. The highest BCUT2D eigenvalue weighted by atomic mass is 79.9. The third kappa shape index (κ3) is 7.03. The van der Waals surface area contributed by atoms with Crippen LogP contribution in [0.15, 0.2) is 46.9 Å². The second-order valence-electron chi connectivity index (χ2n) is 7.40. The van der Waals surface area contributed by atoms with E-state index in [0.717, 1.165) is 16.5 Å². The minimum atomic E-state index is -0.659. The topological polar surface area (TPSA) is 58.6 Å². The zero-order valence-corrected chi connectivity index (χ0v) is 20.1. The molecule has 1 atom stereocenters. The molecule has 162 valence electrons. The number of hydrogen-bond acceptors (Lipinski definition) is 3. The first-order valence-electron chi connectivity index (χ1n) is 9.96. The maximum absolute atomic E-state index is 13.0. The molecule has 0 aromatic heterocycles. The van der Waals surface area contributed by atoms with Gasteiger partial charge in [0.05, 0.1) is 4.47 Å². The second kappa shape index (κ2) is 11.4. The lowest BCUT2D eigenvalue weighted by Crippen LogP contribution is -2.50. The summed E-state index contributed by atoms with van der Waals surface area (Å²) in [5, 5.41) is 3.44. The highest BCUT2D eigenvalue weighted by molar-refractivity contribution is 9.10. The van der Waals surface area contributed by atoms with Crippen LogP contribution in [-0.2, 0) is 22.6 Å². The Kier molecular flexibility index (Phi) is 9.18. The van der Waals surface area contributed by atoms with Gasteiger partial charge in [-0.05, 0) is 78.5 Å². The molecule has 0 aliphatic heterocycles. The van der Waals surface area contributed by atoms with Crippen molar-refractivity contribution in [2.45, 2.75) is 52.7 Å². The molecule has 0 saturated carbocycles. The summed E-state index contributed by atoms with van der Waals surface area (Å²) in [6.07, 6.45) is 0.910. The van der Waals surface area contributed by atoms with Crippen LogP contribution in [0.25, 0.3) is 0 Å². The van der Waals surface area contributed by atoms with E-state index in [0.29, 0.717) is 10.8 Å². The average Bonchev–Trinajstić information content (AvgIpc) is 2.69. The summed E-state index contributed by atoms with van der Waals surface area (Å²) in [6.45, 7) is 7.63. The first-order valence-corrected chi connectivity index (χ1v) is 11.1. The Hall–Kier alpha value is -2.05. The summed E-state index contributed by atoms with van der Waals surface area (Å²) in [5.41, 5.74) is 2.01. The number of carbonyl (C=O) groups is 2. The largest absolute Gasteiger partial charge is 0.483 e. The Labute approximate surface area is 191 Å². The Bertz CT molecular complexity index is 889. The predicted molar refractivity (Wildman–Crippen MR) is 124 cm³/mol. The summed E-state index contributed by atoms with van der Waals surface area (Å²) >= 11 is 9.58. The van der Waals surface area contributed by atoms with Gasteiger partial charge in [0.25, 0.3) is 5.91 Å². The van der Waals surface area contributed by atoms with Crippen LogP contribution in [0, 0.1) is 0 Å². The van der Waals surface area contributed by atoms with Crippen molar-refractivity contribution >= 4 is 39.3 Å². The van der Waals surface area contributed by atoms with Crippen molar-refractivity contribution in [1.82, 2.24) is 10.2 Å². The van der Waals surface area contributed by atoms with E-state index in [2.05, 4.69) is 28.2 Å². The summed E-state index contributed by atoms with van der Waals surface area (Å²) in [6, 6.07) is 12.4. The van der Waals surface area contributed by atoms with Gasteiger partial charge in [-0.3, -0.25) is 9.59 Å². The van der Waals surface area contributed by atoms with E-state index < -0.39 is 6.04 Å². The molecule has 0 fully saturated rings. The Morgan fingerprint density at radius 2 is 1.87 bits per heavy atom. The van der Waals surface area contributed by atoms with Gasteiger partial charge in [-0.15, -0.1) is 0 Å². The Morgan fingerprint density at radius 1 is 1.13 bits per heavy atom. The van der Waals surface area contributed by atoms with Crippen molar-refractivity contribution in [2.24, 2.45) is 0 Å². The first-order chi connectivity index (χ1) is 14.2. The molecule has 2 aromatic rings. The number of rotatable bonds is 9. The maximum atomic E-state index is 13.0. The van der Waals surface area contributed by atoms with E-state index in [1.807, 2.05) is 44.2 Å². The fraction of sp³-hybridized carbons (Fsp3) is 0.391. The van der Waals surface area contributed by atoms with Gasteiger partial charge in [-0.25, -0.2) is 0 Å². The molecule has 0 aliphatic rings. The molecule has 0 radical (unpaired) electrons. The quantitative estimate of drug-likeness (QED) is 0.533. The number of carbonyl (C=O) groups excluding carboxylic acids is 2. The third-order valence-electron chi connectivity index (χ3n) is 4.60. The van der Waals surface area contributed by atoms with Crippen molar-refractivity contribution in [3.63, 3.8) is 0 Å². The number of hydrogen-bond donors (Lipinski definition) is 1. The van der Waals surface area contributed by atoms with Crippen LogP contribution in [0.4, 0.5) is 0 Å². The molecular weight excluding hydrogens is 468 g/mol. The molecule has 0 spiro atoms. The van der Waals surface area contributed by atoms with E-state index in [4.69, 9.17) is 16.3 Å². The Balaban J connectivity index is 2.17. The van der Waals surface area contributed by atoms with Crippen molar-refractivity contribution in [3.8, 4) is 5.75 Å². The van der Waals surface area contributed by atoms with Gasteiger partial charge in [-0.1, -0.05) is 36.7 Å². The summed E-state index contributed by atoms with van der Waals surface area (Å²) in [4.78, 5) is 27.1. The second-order valence-corrected chi connectivity index (χ2v) is 8.69. The van der Waals surface area contributed by atoms with Gasteiger partial charge in [0.2, 0.25) is 5.91 Å². The van der Waals surface area contributed by atoms with E-state index in [1.54, 1.807) is 19.1 Å². The summed E-state index contributed by atoms with van der Waals surface area (Å²) < 4.78 is 6.55. The highest BCUT2D eigenvalue weighted by Crippen LogP contribution is 2.26. The van der Waals surface area contributed by atoms with Crippen LogP contribution in [0.2, 0.25) is 5.02 Å². The maximum Gasteiger partial charge on any atom is 0.261 e. The van der Waals surface area contributed by atoms with Gasteiger partial charge >= 0.3 is 0 Å². The van der Waals surface area contributed by atoms with E-state index >= 15 is 0 Å². The fourth-order valence-corrected chi connectivity index (χ4v) is 3.68. The molecule has 2 amide bonds. The number of nitrogens with one attached hydrogen (secondary N) is 1. The number of benzene rings is 2.